The van der Waals surface area contributed by atoms with Crippen molar-refractivity contribution < 1.29 is 9.84 Å². The average molecular weight is 332 g/mol. The van der Waals surface area contributed by atoms with Gasteiger partial charge in [-0.3, -0.25) is 0 Å². The van der Waals surface area contributed by atoms with Gasteiger partial charge < -0.3 is 15.2 Å². The molecular weight excluding hydrogens is 317 g/mol. The minimum absolute atomic E-state index is 0.140. The molecule has 1 atom stereocenters. The van der Waals surface area contributed by atoms with Crippen molar-refractivity contribution in [2.75, 3.05) is 13.2 Å². The molecule has 1 heterocycles. The second kappa shape index (κ2) is 7.86. The van der Waals surface area contributed by atoms with Crippen LogP contribution in [0.3, 0.4) is 0 Å². The normalized spacial score (nSPS) is 12.3. The molecule has 0 radical (unpaired) electrons. The van der Waals surface area contributed by atoms with Gasteiger partial charge in [0, 0.05) is 18.0 Å². The van der Waals surface area contributed by atoms with Crippen molar-refractivity contribution in [3.05, 3.63) is 50.6 Å². The summed E-state index contributed by atoms with van der Waals surface area (Å²) in [6.45, 7) is 1.32. The van der Waals surface area contributed by atoms with Gasteiger partial charge in [-0.2, -0.15) is 0 Å². The SMILES string of the molecule is OC(CNCc1cccs1)COc1c(Cl)cccc1Cl. The number of ether oxygens (including phenoxy) is 1. The lowest BCUT2D eigenvalue weighted by atomic mass is 10.3. The molecule has 0 fully saturated rings. The second-order valence-electron chi connectivity index (χ2n) is 4.23. The molecular formula is C14H15Cl2NO2S. The molecule has 0 amide bonds. The molecule has 6 heteroatoms. The summed E-state index contributed by atoms with van der Waals surface area (Å²) in [6.07, 6.45) is -0.623. The van der Waals surface area contributed by atoms with Crippen molar-refractivity contribution in [1.29, 1.82) is 0 Å². The number of rotatable bonds is 7. The molecule has 0 aliphatic carbocycles. The van der Waals surface area contributed by atoms with Crippen LogP contribution in [0.4, 0.5) is 0 Å². The van der Waals surface area contributed by atoms with Crippen LogP contribution in [-0.2, 0) is 6.54 Å². The fraction of sp³-hybridized carbons (Fsp3) is 0.286. The van der Waals surface area contributed by atoms with Gasteiger partial charge in [0.25, 0.3) is 0 Å². The smallest absolute Gasteiger partial charge is 0.156 e. The Morgan fingerprint density at radius 3 is 2.60 bits per heavy atom. The third-order valence-electron chi connectivity index (χ3n) is 2.60. The Kier molecular flexibility index (Phi) is 6.13. The number of nitrogens with one attached hydrogen (secondary N) is 1. The van der Waals surface area contributed by atoms with E-state index in [0.717, 1.165) is 6.54 Å². The van der Waals surface area contributed by atoms with Crippen LogP contribution in [0.2, 0.25) is 10.0 Å². The summed E-state index contributed by atoms with van der Waals surface area (Å²) in [5, 5.41) is 15.9. The third kappa shape index (κ3) is 4.65. The number of para-hydroxylation sites is 1. The zero-order chi connectivity index (χ0) is 14.4. The van der Waals surface area contributed by atoms with Gasteiger partial charge in [-0.05, 0) is 23.6 Å². The van der Waals surface area contributed by atoms with E-state index in [2.05, 4.69) is 5.32 Å². The molecule has 0 aliphatic heterocycles. The van der Waals surface area contributed by atoms with E-state index < -0.39 is 6.10 Å². The highest BCUT2D eigenvalue weighted by Gasteiger charge is 2.10. The minimum Gasteiger partial charge on any atom is -0.488 e. The summed E-state index contributed by atoms with van der Waals surface area (Å²) in [6, 6.07) is 9.19. The summed E-state index contributed by atoms with van der Waals surface area (Å²) >= 11 is 13.6. The fourth-order valence-electron chi connectivity index (χ4n) is 1.63. The topological polar surface area (TPSA) is 41.5 Å². The summed E-state index contributed by atoms with van der Waals surface area (Å²) < 4.78 is 5.47. The molecule has 20 heavy (non-hydrogen) atoms. The maximum absolute atomic E-state index is 9.85. The van der Waals surface area contributed by atoms with Gasteiger partial charge in [-0.15, -0.1) is 11.3 Å². The largest absolute Gasteiger partial charge is 0.488 e. The van der Waals surface area contributed by atoms with Crippen LogP contribution in [0.1, 0.15) is 4.88 Å². The van der Waals surface area contributed by atoms with Gasteiger partial charge in [0.1, 0.15) is 12.7 Å². The molecule has 0 aliphatic rings. The first-order valence-corrected chi connectivity index (χ1v) is 7.78. The van der Waals surface area contributed by atoms with E-state index in [4.69, 9.17) is 27.9 Å². The molecule has 1 aromatic carbocycles. The Balaban J connectivity index is 1.73. The molecule has 2 aromatic rings. The number of hydrogen-bond acceptors (Lipinski definition) is 4. The first-order chi connectivity index (χ1) is 9.66. The molecule has 0 spiro atoms. The Morgan fingerprint density at radius 2 is 1.95 bits per heavy atom. The summed E-state index contributed by atoms with van der Waals surface area (Å²) in [7, 11) is 0. The second-order valence-corrected chi connectivity index (χ2v) is 6.07. The van der Waals surface area contributed by atoms with Crippen LogP contribution >= 0.6 is 34.5 Å². The first-order valence-electron chi connectivity index (χ1n) is 6.15. The molecule has 1 unspecified atom stereocenters. The highest BCUT2D eigenvalue weighted by molar-refractivity contribution is 7.09. The highest BCUT2D eigenvalue weighted by atomic mass is 35.5. The predicted molar refractivity (Wildman–Crippen MR) is 84.0 cm³/mol. The number of thiophene rings is 1. The Bertz CT molecular complexity index is 514. The molecule has 0 saturated heterocycles. The molecule has 0 saturated carbocycles. The van der Waals surface area contributed by atoms with Gasteiger partial charge in [0.2, 0.25) is 0 Å². The monoisotopic (exact) mass is 331 g/mol. The highest BCUT2D eigenvalue weighted by Crippen LogP contribution is 2.32. The van der Waals surface area contributed by atoms with Crippen molar-refractivity contribution in [1.82, 2.24) is 5.32 Å². The van der Waals surface area contributed by atoms with Crippen LogP contribution in [0.5, 0.6) is 5.75 Å². The Morgan fingerprint density at radius 1 is 1.20 bits per heavy atom. The fourth-order valence-corrected chi connectivity index (χ4v) is 2.82. The lowest BCUT2D eigenvalue weighted by Gasteiger charge is -2.14. The number of halogens is 2. The van der Waals surface area contributed by atoms with Crippen molar-refractivity contribution in [3.8, 4) is 5.75 Å². The molecule has 3 nitrogen and oxygen atoms in total. The van der Waals surface area contributed by atoms with E-state index in [9.17, 15) is 5.11 Å². The van der Waals surface area contributed by atoms with Gasteiger partial charge in [-0.1, -0.05) is 35.3 Å². The van der Waals surface area contributed by atoms with Gasteiger partial charge in [0.15, 0.2) is 5.75 Å². The van der Waals surface area contributed by atoms with Crippen LogP contribution < -0.4 is 10.1 Å². The zero-order valence-corrected chi connectivity index (χ0v) is 13.0. The summed E-state index contributed by atoms with van der Waals surface area (Å²) in [5.41, 5.74) is 0. The Labute approximate surface area is 132 Å². The van der Waals surface area contributed by atoms with E-state index in [1.807, 2.05) is 17.5 Å². The number of benzene rings is 1. The minimum atomic E-state index is -0.623. The standard InChI is InChI=1S/C14H15Cl2NO2S/c15-12-4-1-5-13(16)14(12)19-9-10(18)7-17-8-11-3-2-6-20-11/h1-6,10,17-18H,7-9H2. The molecule has 1 aromatic heterocycles. The predicted octanol–water partition coefficient (Wildman–Crippen LogP) is 3.58. The molecule has 0 bridgehead atoms. The average Bonchev–Trinajstić information content (AvgIpc) is 2.91. The quantitative estimate of drug-likeness (QED) is 0.814. The van der Waals surface area contributed by atoms with Crippen LogP contribution in [0, 0.1) is 0 Å². The number of aliphatic hydroxyl groups is 1. The Hall–Kier alpha value is -0.780. The lowest BCUT2D eigenvalue weighted by molar-refractivity contribution is 0.106. The summed E-state index contributed by atoms with van der Waals surface area (Å²) in [4.78, 5) is 1.23. The van der Waals surface area contributed by atoms with Crippen molar-refractivity contribution in [2.45, 2.75) is 12.6 Å². The van der Waals surface area contributed by atoms with Crippen LogP contribution in [0.25, 0.3) is 0 Å². The van der Waals surface area contributed by atoms with Gasteiger partial charge in [0.05, 0.1) is 10.0 Å². The zero-order valence-electron chi connectivity index (χ0n) is 10.7. The lowest BCUT2D eigenvalue weighted by Crippen LogP contribution is -2.31. The van der Waals surface area contributed by atoms with E-state index in [0.29, 0.717) is 22.3 Å². The first kappa shape index (κ1) is 15.6. The third-order valence-corrected chi connectivity index (χ3v) is 4.07. The summed E-state index contributed by atoms with van der Waals surface area (Å²) in [5.74, 6) is 0.410. The van der Waals surface area contributed by atoms with Crippen LogP contribution in [0.15, 0.2) is 35.7 Å². The maximum atomic E-state index is 9.85. The maximum Gasteiger partial charge on any atom is 0.156 e. The van der Waals surface area contributed by atoms with Crippen LogP contribution in [-0.4, -0.2) is 24.4 Å². The molecule has 108 valence electrons. The van der Waals surface area contributed by atoms with E-state index in [1.165, 1.54) is 4.88 Å². The number of aliphatic hydroxyl groups excluding tert-OH is 1. The van der Waals surface area contributed by atoms with E-state index >= 15 is 0 Å². The van der Waals surface area contributed by atoms with E-state index in [1.54, 1.807) is 29.5 Å². The van der Waals surface area contributed by atoms with Gasteiger partial charge in [-0.25, -0.2) is 0 Å². The van der Waals surface area contributed by atoms with Crippen molar-refractivity contribution >= 4 is 34.5 Å². The van der Waals surface area contributed by atoms with Gasteiger partial charge >= 0.3 is 0 Å². The van der Waals surface area contributed by atoms with E-state index in [-0.39, 0.29) is 6.61 Å². The molecule has 2 N–H and O–H groups in total. The number of hydrogen-bond donors (Lipinski definition) is 2. The molecule has 2 rings (SSSR count). The van der Waals surface area contributed by atoms with Crippen molar-refractivity contribution in [3.63, 3.8) is 0 Å². The van der Waals surface area contributed by atoms with Crippen molar-refractivity contribution in [2.24, 2.45) is 0 Å².